The predicted octanol–water partition coefficient (Wildman–Crippen LogP) is 3.87. The van der Waals surface area contributed by atoms with Crippen molar-refractivity contribution in [3.63, 3.8) is 0 Å². The second-order valence-electron chi connectivity index (χ2n) is 7.46. The maximum absolute atomic E-state index is 12.8. The van der Waals surface area contributed by atoms with Crippen LogP contribution < -0.4 is 4.74 Å². The second-order valence-corrected chi connectivity index (χ2v) is 7.90. The lowest BCUT2D eigenvalue weighted by molar-refractivity contribution is 0.0695. The third-order valence-electron chi connectivity index (χ3n) is 4.95. The summed E-state index contributed by atoms with van der Waals surface area (Å²) in [4.78, 5) is 29.4. The van der Waals surface area contributed by atoms with Crippen LogP contribution in [0, 0.1) is 0 Å². The minimum atomic E-state index is -1.08. The van der Waals surface area contributed by atoms with Crippen LogP contribution in [0.1, 0.15) is 32.0 Å². The van der Waals surface area contributed by atoms with Crippen molar-refractivity contribution in [2.45, 2.75) is 13.2 Å². The molecular formula is C24H20ClN5O4. The first-order valence-electron chi connectivity index (χ1n) is 10.2. The highest BCUT2D eigenvalue weighted by atomic mass is 35.5. The molecule has 1 amide bonds. The number of carbonyl (C=O) groups is 2. The lowest BCUT2D eigenvalue weighted by atomic mass is 10.1. The van der Waals surface area contributed by atoms with Gasteiger partial charge < -0.3 is 14.7 Å². The van der Waals surface area contributed by atoms with E-state index in [2.05, 4.69) is 15.3 Å². The normalized spacial score (nSPS) is 10.6. The number of nitrogens with zero attached hydrogens (tertiary/aromatic N) is 5. The van der Waals surface area contributed by atoms with Crippen LogP contribution in [0.15, 0.2) is 73.2 Å². The van der Waals surface area contributed by atoms with Gasteiger partial charge in [-0.05, 0) is 30.3 Å². The minimum Gasteiger partial charge on any atom is -0.487 e. The van der Waals surface area contributed by atoms with E-state index in [1.54, 1.807) is 42.4 Å². The molecule has 4 rings (SSSR count). The predicted molar refractivity (Wildman–Crippen MR) is 124 cm³/mol. The Labute approximate surface area is 200 Å². The standard InChI is InChI=1S/C24H20ClN5O4/c1-29(23(31)16-6-4-7-19(25)9-16)13-17-5-2-3-8-22(17)34-15-20-14-30(28-27-20)21-10-18(24(32)33)11-26-12-21/h2-12,14H,13,15H2,1H3,(H,32,33). The highest BCUT2D eigenvalue weighted by molar-refractivity contribution is 6.30. The van der Waals surface area contributed by atoms with Crippen molar-refractivity contribution >= 4 is 23.5 Å². The fourth-order valence-corrected chi connectivity index (χ4v) is 3.45. The van der Waals surface area contributed by atoms with Crippen molar-refractivity contribution < 1.29 is 19.4 Å². The average Bonchev–Trinajstić information content (AvgIpc) is 3.32. The summed E-state index contributed by atoms with van der Waals surface area (Å²) in [6, 6.07) is 15.7. The Morgan fingerprint density at radius 3 is 2.71 bits per heavy atom. The van der Waals surface area contributed by atoms with Crippen molar-refractivity contribution in [1.29, 1.82) is 0 Å². The SMILES string of the molecule is CN(Cc1ccccc1OCc1cn(-c2cncc(C(=O)O)c2)nn1)C(=O)c1cccc(Cl)c1. The zero-order valence-electron chi connectivity index (χ0n) is 18.1. The first-order valence-corrected chi connectivity index (χ1v) is 10.6. The van der Waals surface area contributed by atoms with Gasteiger partial charge in [-0.2, -0.15) is 0 Å². The topological polar surface area (TPSA) is 110 Å². The number of pyridine rings is 1. The van der Waals surface area contributed by atoms with Crippen LogP contribution in [0.2, 0.25) is 5.02 Å². The van der Waals surface area contributed by atoms with Gasteiger partial charge in [-0.15, -0.1) is 5.10 Å². The molecule has 4 aromatic rings. The zero-order chi connectivity index (χ0) is 24.1. The third-order valence-corrected chi connectivity index (χ3v) is 5.19. The third kappa shape index (κ3) is 5.38. The number of aromatic nitrogens is 4. The molecule has 0 aliphatic heterocycles. The minimum absolute atomic E-state index is 0.0520. The Morgan fingerprint density at radius 2 is 1.91 bits per heavy atom. The van der Waals surface area contributed by atoms with Gasteiger partial charge in [0.2, 0.25) is 0 Å². The van der Waals surface area contributed by atoms with Crippen LogP contribution in [0.25, 0.3) is 5.69 Å². The van der Waals surface area contributed by atoms with E-state index in [-0.39, 0.29) is 18.1 Å². The van der Waals surface area contributed by atoms with Gasteiger partial charge in [-0.3, -0.25) is 9.78 Å². The molecule has 0 aliphatic carbocycles. The smallest absolute Gasteiger partial charge is 0.337 e. The molecule has 0 aliphatic rings. The summed E-state index contributed by atoms with van der Waals surface area (Å²) in [6.07, 6.45) is 4.39. The lowest BCUT2D eigenvalue weighted by Gasteiger charge is -2.19. The van der Waals surface area contributed by atoms with Crippen molar-refractivity contribution in [1.82, 2.24) is 24.9 Å². The molecule has 34 heavy (non-hydrogen) atoms. The number of amides is 1. The van der Waals surface area contributed by atoms with E-state index in [1.807, 2.05) is 24.3 Å². The van der Waals surface area contributed by atoms with Crippen molar-refractivity contribution in [3.8, 4) is 11.4 Å². The molecule has 2 aromatic carbocycles. The van der Waals surface area contributed by atoms with Crippen molar-refractivity contribution in [2.24, 2.45) is 0 Å². The number of aromatic carboxylic acids is 1. The number of para-hydroxylation sites is 1. The molecule has 1 N–H and O–H groups in total. The Bertz CT molecular complexity index is 1340. The number of carboxylic acids is 1. The Kier molecular flexibility index (Phi) is 6.84. The van der Waals surface area contributed by atoms with Crippen molar-refractivity contribution in [2.75, 3.05) is 7.05 Å². The van der Waals surface area contributed by atoms with Gasteiger partial charge in [0.15, 0.2) is 0 Å². The molecule has 0 atom stereocenters. The van der Waals surface area contributed by atoms with Gasteiger partial charge >= 0.3 is 5.97 Å². The quantitative estimate of drug-likeness (QED) is 0.410. The van der Waals surface area contributed by atoms with Crippen molar-refractivity contribution in [3.05, 3.63) is 101 Å². The molecule has 2 heterocycles. The number of benzene rings is 2. The maximum Gasteiger partial charge on any atom is 0.337 e. The number of carbonyl (C=O) groups excluding carboxylic acids is 1. The first kappa shape index (κ1) is 22.9. The Hall–Kier alpha value is -4.24. The van der Waals surface area contributed by atoms with E-state index >= 15 is 0 Å². The molecule has 2 aromatic heterocycles. The molecule has 0 radical (unpaired) electrons. The number of rotatable bonds is 8. The van der Waals surface area contributed by atoms with E-state index in [9.17, 15) is 9.59 Å². The average molecular weight is 478 g/mol. The number of hydrogen-bond acceptors (Lipinski definition) is 6. The second kappa shape index (κ2) is 10.1. The number of carboxylic acid groups (broad SMARTS) is 1. The largest absolute Gasteiger partial charge is 0.487 e. The van der Waals surface area contributed by atoms with Gasteiger partial charge in [-0.1, -0.05) is 41.1 Å². The number of ether oxygens (including phenoxy) is 1. The monoisotopic (exact) mass is 477 g/mol. The summed E-state index contributed by atoms with van der Waals surface area (Å²) in [5.74, 6) is -0.622. The fraction of sp³-hybridized carbons (Fsp3) is 0.125. The van der Waals surface area contributed by atoms with E-state index in [0.717, 1.165) is 5.56 Å². The molecule has 0 saturated carbocycles. The highest BCUT2D eigenvalue weighted by Crippen LogP contribution is 2.22. The van der Waals surface area contributed by atoms with E-state index in [4.69, 9.17) is 21.4 Å². The lowest BCUT2D eigenvalue weighted by Crippen LogP contribution is -2.26. The van der Waals surface area contributed by atoms with Crippen LogP contribution >= 0.6 is 11.6 Å². The molecule has 172 valence electrons. The summed E-state index contributed by atoms with van der Waals surface area (Å²) in [6.45, 7) is 0.469. The van der Waals surface area contributed by atoms with Crippen LogP contribution in [0.5, 0.6) is 5.75 Å². The highest BCUT2D eigenvalue weighted by Gasteiger charge is 2.15. The summed E-state index contributed by atoms with van der Waals surface area (Å²) in [5.41, 5.74) is 2.40. The van der Waals surface area contributed by atoms with Gasteiger partial charge in [0.1, 0.15) is 18.1 Å². The van der Waals surface area contributed by atoms with Gasteiger partial charge in [-0.25, -0.2) is 9.48 Å². The summed E-state index contributed by atoms with van der Waals surface area (Å²) >= 11 is 6.01. The van der Waals surface area contributed by atoms with E-state index in [1.165, 1.54) is 23.1 Å². The van der Waals surface area contributed by atoms with E-state index < -0.39 is 5.97 Å². The summed E-state index contributed by atoms with van der Waals surface area (Å²) in [5, 5.41) is 17.7. The van der Waals surface area contributed by atoms with E-state index in [0.29, 0.717) is 34.3 Å². The molecule has 9 nitrogen and oxygen atoms in total. The summed E-state index contributed by atoms with van der Waals surface area (Å²) < 4.78 is 7.39. The number of hydrogen-bond donors (Lipinski definition) is 1. The Morgan fingerprint density at radius 1 is 1.09 bits per heavy atom. The van der Waals surface area contributed by atoms with Crippen LogP contribution in [-0.4, -0.2) is 48.9 Å². The van der Waals surface area contributed by atoms with Gasteiger partial charge in [0.05, 0.1) is 23.6 Å². The van der Waals surface area contributed by atoms with Crippen LogP contribution in [0.3, 0.4) is 0 Å². The first-order chi connectivity index (χ1) is 16.4. The van der Waals surface area contributed by atoms with Gasteiger partial charge in [0.25, 0.3) is 5.91 Å². The van der Waals surface area contributed by atoms with Crippen LogP contribution in [0.4, 0.5) is 0 Å². The fourth-order valence-electron chi connectivity index (χ4n) is 3.26. The summed E-state index contributed by atoms with van der Waals surface area (Å²) in [7, 11) is 1.71. The molecule has 10 heteroatoms. The maximum atomic E-state index is 12.8. The van der Waals surface area contributed by atoms with Gasteiger partial charge in [0, 0.05) is 35.9 Å². The molecule has 0 spiro atoms. The molecule has 0 bridgehead atoms. The zero-order valence-corrected chi connectivity index (χ0v) is 18.9. The molecule has 0 fully saturated rings. The number of halogens is 1. The Balaban J connectivity index is 1.44. The van der Waals surface area contributed by atoms with Crippen LogP contribution in [-0.2, 0) is 13.2 Å². The molecule has 0 unspecified atom stereocenters. The molecule has 0 saturated heterocycles. The molecular weight excluding hydrogens is 458 g/mol.